The van der Waals surface area contributed by atoms with Gasteiger partial charge in [-0.2, -0.15) is 5.26 Å². The third-order valence-electron chi connectivity index (χ3n) is 5.94. The summed E-state index contributed by atoms with van der Waals surface area (Å²) < 4.78 is 10.3. The minimum Gasteiger partial charge on any atom is -0.507 e. The fourth-order valence-electron chi connectivity index (χ4n) is 4.05. The first-order chi connectivity index (χ1) is 19.2. The summed E-state index contributed by atoms with van der Waals surface area (Å²) in [5, 5.41) is 19.2. The molecule has 40 heavy (non-hydrogen) atoms. The van der Waals surface area contributed by atoms with E-state index in [1.54, 1.807) is 40.7 Å². The Bertz CT molecular complexity index is 1650. The van der Waals surface area contributed by atoms with Gasteiger partial charge in [0.25, 0.3) is 5.91 Å². The first-order valence-electron chi connectivity index (χ1n) is 11.8. The number of phenols is 1. The fourth-order valence-corrected chi connectivity index (χ4v) is 4.05. The topological polar surface area (TPSA) is 176 Å². The summed E-state index contributed by atoms with van der Waals surface area (Å²) >= 11 is 0. The Labute approximate surface area is 228 Å². The van der Waals surface area contributed by atoms with Crippen molar-refractivity contribution < 1.29 is 33.4 Å². The molecular formula is C29H22N4O7. The highest BCUT2D eigenvalue weighted by Gasteiger charge is 2.28. The highest BCUT2D eigenvalue weighted by Crippen LogP contribution is 2.31. The lowest BCUT2D eigenvalue weighted by Crippen LogP contribution is -2.32. The number of hydrogen-bond donors (Lipinski definition) is 3. The molecule has 11 heteroatoms. The van der Waals surface area contributed by atoms with Crippen molar-refractivity contribution >= 4 is 29.4 Å². The fraction of sp³-hybridized carbons (Fsp3) is 0.0690. The van der Waals surface area contributed by atoms with Gasteiger partial charge in [0.2, 0.25) is 11.7 Å². The van der Waals surface area contributed by atoms with Gasteiger partial charge in [-0.15, -0.1) is 0 Å². The smallest absolute Gasteiger partial charge is 0.382 e. The number of nitrogens with two attached hydrogens (primary N) is 1. The number of aromatic hydroxyl groups is 1. The zero-order valence-corrected chi connectivity index (χ0v) is 21.1. The number of nitrogens with zero attached hydrogens (tertiary/aromatic N) is 2. The normalized spacial score (nSPS) is 10.3. The SMILES string of the molecule is CC(=O)N(Cc1ccccc1)c1cccc(-c2ccoc2C(=O)OC(=O)c2ccc(O)c(C#N)c2C(=O)NN)c1. The molecule has 0 aliphatic rings. The van der Waals surface area contributed by atoms with Crippen molar-refractivity contribution in [2.24, 2.45) is 5.84 Å². The Morgan fingerprint density at radius 1 is 1.02 bits per heavy atom. The molecule has 200 valence electrons. The molecule has 1 aromatic heterocycles. The van der Waals surface area contributed by atoms with E-state index in [0.717, 1.165) is 17.7 Å². The van der Waals surface area contributed by atoms with E-state index in [1.807, 2.05) is 30.3 Å². The average molecular weight is 539 g/mol. The maximum Gasteiger partial charge on any atom is 0.382 e. The van der Waals surface area contributed by atoms with Gasteiger partial charge in [-0.25, -0.2) is 15.4 Å². The number of hydrogen-bond acceptors (Lipinski definition) is 9. The van der Waals surface area contributed by atoms with E-state index in [4.69, 9.17) is 15.0 Å². The Morgan fingerprint density at radius 3 is 2.45 bits per heavy atom. The standard InChI is InChI=1S/C29H22N4O7/c1-17(34)33(16-18-6-3-2-4-7-18)20-9-5-8-19(14-20)21-12-13-39-26(21)29(38)40-28(37)22-10-11-24(35)23(15-30)25(22)27(36)32-31/h2-14,35H,16,31H2,1H3,(H,32,36). The molecule has 0 atom stereocenters. The number of amides is 2. The minimum absolute atomic E-state index is 0.193. The number of carbonyl (C=O) groups excluding carboxylic acids is 4. The van der Waals surface area contributed by atoms with E-state index in [1.165, 1.54) is 19.3 Å². The zero-order chi connectivity index (χ0) is 28.8. The summed E-state index contributed by atoms with van der Waals surface area (Å²) in [7, 11) is 0. The van der Waals surface area contributed by atoms with Gasteiger partial charge in [-0.05, 0) is 41.5 Å². The number of phenolic OH excluding ortho intramolecular Hbond substituents is 1. The van der Waals surface area contributed by atoms with Crippen LogP contribution in [0, 0.1) is 11.3 Å². The van der Waals surface area contributed by atoms with E-state index in [9.17, 15) is 29.5 Å². The van der Waals surface area contributed by atoms with Gasteiger partial charge in [0.15, 0.2) is 0 Å². The summed E-state index contributed by atoms with van der Waals surface area (Å²) in [4.78, 5) is 52.1. The monoisotopic (exact) mass is 538 g/mol. The number of nitrogen functional groups attached to an aromatic ring is 1. The largest absolute Gasteiger partial charge is 0.507 e. The Balaban J connectivity index is 1.63. The number of furan rings is 1. The van der Waals surface area contributed by atoms with Crippen LogP contribution in [0.2, 0.25) is 0 Å². The van der Waals surface area contributed by atoms with Crippen LogP contribution in [0.15, 0.2) is 83.5 Å². The number of ether oxygens (including phenoxy) is 1. The molecule has 0 saturated carbocycles. The van der Waals surface area contributed by atoms with Gasteiger partial charge in [0, 0.05) is 18.2 Å². The number of anilines is 1. The maximum absolute atomic E-state index is 13.0. The van der Waals surface area contributed by atoms with Crippen LogP contribution >= 0.6 is 0 Å². The van der Waals surface area contributed by atoms with E-state index < -0.39 is 40.3 Å². The minimum atomic E-state index is -1.28. The van der Waals surface area contributed by atoms with Crippen LogP contribution in [-0.4, -0.2) is 28.9 Å². The van der Waals surface area contributed by atoms with Crippen molar-refractivity contribution in [1.82, 2.24) is 5.43 Å². The third kappa shape index (κ3) is 5.57. The van der Waals surface area contributed by atoms with E-state index in [2.05, 4.69) is 0 Å². The second kappa shape index (κ2) is 11.8. The summed E-state index contributed by atoms with van der Waals surface area (Å²) in [6.45, 7) is 1.77. The molecule has 4 N–H and O–H groups in total. The molecule has 0 unspecified atom stereocenters. The van der Waals surface area contributed by atoms with Crippen molar-refractivity contribution in [2.75, 3.05) is 4.90 Å². The number of nitriles is 1. The quantitative estimate of drug-likeness (QED) is 0.104. The molecule has 0 saturated heterocycles. The second-order valence-corrected chi connectivity index (χ2v) is 8.45. The molecule has 3 aromatic carbocycles. The highest BCUT2D eigenvalue weighted by atomic mass is 16.6. The number of nitrogens with one attached hydrogen (secondary N) is 1. The molecule has 4 rings (SSSR count). The lowest BCUT2D eigenvalue weighted by atomic mass is 10.00. The zero-order valence-electron chi connectivity index (χ0n) is 21.1. The number of benzene rings is 3. The van der Waals surface area contributed by atoms with Crippen molar-refractivity contribution in [3.63, 3.8) is 0 Å². The first-order valence-corrected chi connectivity index (χ1v) is 11.8. The van der Waals surface area contributed by atoms with Crippen molar-refractivity contribution in [3.05, 3.63) is 107 Å². The summed E-state index contributed by atoms with van der Waals surface area (Å²) in [5.41, 5.74) is 2.51. The molecule has 0 fully saturated rings. The third-order valence-corrected chi connectivity index (χ3v) is 5.94. The summed E-state index contributed by atoms with van der Waals surface area (Å²) in [6, 6.07) is 21.4. The first kappa shape index (κ1) is 27.3. The molecule has 4 aromatic rings. The summed E-state index contributed by atoms with van der Waals surface area (Å²) in [5.74, 6) is 0.587. The molecule has 0 aliphatic carbocycles. The van der Waals surface area contributed by atoms with E-state index in [0.29, 0.717) is 17.8 Å². The van der Waals surface area contributed by atoms with Gasteiger partial charge in [0.1, 0.15) is 17.4 Å². The van der Waals surface area contributed by atoms with Crippen molar-refractivity contribution in [2.45, 2.75) is 13.5 Å². The van der Waals surface area contributed by atoms with Gasteiger partial charge < -0.3 is 19.2 Å². The van der Waals surface area contributed by atoms with Crippen LogP contribution < -0.4 is 16.2 Å². The molecule has 0 bridgehead atoms. The highest BCUT2D eigenvalue weighted by molar-refractivity contribution is 6.11. The van der Waals surface area contributed by atoms with Crippen LogP contribution in [0.4, 0.5) is 5.69 Å². The van der Waals surface area contributed by atoms with E-state index >= 15 is 0 Å². The Hall–Kier alpha value is -5.73. The number of carbonyl (C=O) groups is 4. The van der Waals surface area contributed by atoms with E-state index in [-0.39, 0.29) is 17.2 Å². The van der Waals surface area contributed by atoms with Crippen molar-refractivity contribution in [1.29, 1.82) is 5.26 Å². The lowest BCUT2D eigenvalue weighted by molar-refractivity contribution is -0.116. The number of rotatable bonds is 7. The molecule has 1 heterocycles. The van der Waals surface area contributed by atoms with Crippen LogP contribution in [0.1, 0.15) is 49.3 Å². The van der Waals surface area contributed by atoms with Crippen LogP contribution in [0.25, 0.3) is 11.1 Å². The Morgan fingerprint density at radius 2 is 1.77 bits per heavy atom. The van der Waals surface area contributed by atoms with Crippen molar-refractivity contribution in [3.8, 4) is 22.9 Å². The van der Waals surface area contributed by atoms with Gasteiger partial charge in [-0.3, -0.25) is 15.0 Å². The molecule has 2 amide bonds. The molecular weight excluding hydrogens is 516 g/mol. The Kier molecular flexibility index (Phi) is 8.03. The van der Waals surface area contributed by atoms with Gasteiger partial charge in [-0.1, -0.05) is 42.5 Å². The predicted octanol–water partition coefficient (Wildman–Crippen LogP) is 3.68. The number of hydrazine groups is 1. The molecule has 0 aliphatic heterocycles. The molecule has 11 nitrogen and oxygen atoms in total. The average Bonchev–Trinajstić information content (AvgIpc) is 3.46. The summed E-state index contributed by atoms with van der Waals surface area (Å²) in [6.07, 6.45) is 1.23. The van der Waals surface area contributed by atoms with Crippen LogP contribution in [0.5, 0.6) is 5.75 Å². The van der Waals surface area contributed by atoms with Gasteiger partial charge in [0.05, 0.1) is 23.9 Å². The number of esters is 2. The predicted molar refractivity (Wildman–Crippen MR) is 142 cm³/mol. The van der Waals surface area contributed by atoms with Crippen LogP contribution in [-0.2, 0) is 16.1 Å². The second-order valence-electron chi connectivity index (χ2n) is 8.45. The lowest BCUT2D eigenvalue weighted by Gasteiger charge is -2.22. The maximum atomic E-state index is 13.0. The molecule has 0 spiro atoms. The van der Waals surface area contributed by atoms with Gasteiger partial charge >= 0.3 is 11.9 Å². The van der Waals surface area contributed by atoms with Crippen LogP contribution in [0.3, 0.4) is 0 Å². The molecule has 0 radical (unpaired) electrons.